The van der Waals surface area contributed by atoms with Crippen LogP contribution < -0.4 is 5.11 Å². The van der Waals surface area contributed by atoms with Crippen molar-refractivity contribution in [1.82, 2.24) is 0 Å². The van der Waals surface area contributed by atoms with E-state index in [2.05, 4.69) is 86.8 Å². The highest BCUT2D eigenvalue weighted by Crippen LogP contribution is 2.13. The van der Waals surface area contributed by atoms with Crippen molar-refractivity contribution < 1.29 is 38.2 Å². The van der Waals surface area contributed by atoms with Crippen LogP contribution in [0.4, 0.5) is 0 Å². The molecule has 350 valence electrons. The van der Waals surface area contributed by atoms with E-state index in [4.69, 9.17) is 14.2 Å². The standard InChI is InChI=1S/C53H91NO7/c1-6-8-10-12-14-16-18-20-22-24-26-28-29-31-33-35-37-39-41-43-51(55)60-48-49(47-59-46-45-50(53(57)58)54(3,4)5)61-52(56)44-42-40-38-36-34-32-30-27-25-23-21-19-17-15-13-11-9-7-2/h8,10,14,16,20,22-23,25-28,30,49-50H,6-7,9,11-13,15,17-19,21,24,29,31-48H2,1-5H3/b10-8+,16-14+,22-20+,25-23+,28-26+,30-27+. The molecule has 8 heteroatoms. The van der Waals surface area contributed by atoms with Crippen LogP contribution in [-0.2, 0) is 28.6 Å². The van der Waals surface area contributed by atoms with E-state index in [1.165, 1.54) is 57.8 Å². The highest BCUT2D eigenvalue weighted by molar-refractivity contribution is 5.70. The smallest absolute Gasteiger partial charge is 0.306 e. The van der Waals surface area contributed by atoms with E-state index in [0.29, 0.717) is 12.8 Å². The molecule has 0 amide bonds. The maximum absolute atomic E-state index is 12.8. The number of hydrogen-bond donors (Lipinski definition) is 0. The van der Waals surface area contributed by atoms with E-state index in [0.717, 1.165) is 103 Å². The number of unbranched alkanes of at least 4 members (excludes halogenated alkanes) is 18. The minimum Gasteiger partial charge on any atom is -0.544 e. The number of quaternary nitrogens is 1. The first kappa shape index (κ1) is 57.8. The molecule has 0 bridgehead atoms. The molecule has 0 aromatic heterocycles. The lowest BCUT2D eigenvalue weighted by molar-refractivity contribution is -0.889. The second-order valence-corrected chi connectivity index (χ2v) is 17.3. The molecule has 2 unspecified atom stereocenters. The van der Waals surface area contributed by atoms with Crippen molar-refractivity contribution in [2.75, 3.05) is 41.0 Å². The molecule has 0 saturated carbocycles. The minimum atomic E-state index is -1.13. The molecule has 0 N–H and O–H groups in total. The van der Waals surface area contributed by atoms with E-state index in [-0.39, 0.29) is 42.7 Å². The first-order chi connectivity index (χ1) is 29.6. The lowest BCUT2D eigenvalue weighted by atomic mass is 10.1. The van der Waals surface area contributed by atoms with Crippen LogP contribution in [0.25, 0.3) is 0 Å². The third-order valence-electron chi connectivity index (χ3n) is 10.6. The van der Waals surface area contributed by atoms with Gasteiger partial charge in [0.2, 0.25) is 0 Å². The van der Waals surface area contributed by atoms with Crippen LogP contribution in [0.3, 0.4) is 0 Å². The fourth-order valence-electron chi connectivity index (χ4n) is 6.82. The summed E-state index contributed by atoms with van der Waals surface area (Å²) < 4.78 is 17.2. The van der Waals surface area contributed by atoms with Crippen LogP contribution in [0.2, 0.25) is 0 Å². The maximum atomic E-state index is 12.8. The first-order valence-corrected chi connectivity index (χ1v) is 24.5. The number of carbonyl (C=O) groups is 3. The average molecular weight is 854 g/mol. The molecule has 0 saturated heterocycles. The Morgan fingerprint density at radius 3 is 1.46 bits per heavy atom. The number of nitrogens with zero attached hydrogens (tertiary/aromatic N) is 1. The van der Waals surface area contributed by atoms with Gasteiger partial charge in [0.25, 0.3) is 0 Å². The summed E-state index contributed by atoms with van der Waals surface area (Å²) in [5.74, 6) is -1.78. The predicted molar refractivity (Wildman–Crippen MR) is 254 cm³/mol. The quantitative estimate of drug-likeness (QED) is 0.0198. The Morgan fingerprint density at radius 1 is 0.525 bits per heavy atom. The van der Waals surface area contributed by atoms with Crippen LogP contribution in [0.5, 0.6) is 0 Å². The number of rotatable bonds is 43. The summed E-state index contributed by atoms with van der Waals surface area (Å²) in [4.78, 5) is 37.0. The van der Waals surface area contributed by atoms with Gasteiger partial charge in [0.15, 0.2) is 6.10 Å². The van der Waals surface area contributed by atoms with Crippen LogP contribution in [0, 0.1) is 0 Å². The zero-order chi connectivity index (χ0) is 44.9. The summed E-state index contributed by atoms with van der Waals surface area (Å²) in [6.45, 7) is 4.51. The number of hydrogen-bond acceptors (Lipinski definition) is 7. The highest BCUT2D eigenvalue weighted by atomic mass is 16.6. The summed E-state index contributed by atoms with van der Waals surface area (Å²) in [5, 5.41) is 11.7. The van der Waals surface area contributed by atoms with Crippen LogP contribution >= 0.6 is 0 Å². The fourth-order valence-corrected chi connectivity index (χ4v) is 6.82. The van der Waals surface area contributed by atoms with E-state index in [1.807, 2.05) is 0 Å². The summed E-state index contributed by atoms with van der Waals surface area (Å²) in [5.41, 5.74) is 0. The molecule has 0 heterocycles. The summed E-state index contributed by atoms with van der Waals surface area (Å²) in [6, 6.07) is -0.735. The van der Waals surface area contributed by atoms with Crippen molar-refractivity contribution in [2.45, 2.75) is 206 Å². The number of carboxylic acid groups (broad SMARTS) is 1. The van der Waals surface area contributed by atoms with Crippen molar-refractivity contribution in [3.8, 4) is 0 Å². The molecule has 0 aliphatic heterocycles. The molecular weight excluding hydrogens is 763 g/mol. The molecule has 0 aromatic carbocycles. The zero-order valence-electron chi connectivity index (χ0n) is 39.8. The Balaban J connectivity index is 4.35. The van der Waals surface area contributed by atoms with Crippen LogP contribution in [0.15, 0.2) is 72.9 Å². The lowest BCUT2D eigenvalue weighted by Gasteiger charge is -2.34. The van der Waals surface area contributed by atoms with Crippen molar-refractivity contribution in [3.05, 3.63) is 72.9 Å². The van der Waals surface area contributed by atoms with Crippen molar-refractivity contribution in [3.63, 3.8) is 0 Å². The van der Waals surface area contributed by atoms with Gasteiger partial charge in [0, 0.05) is 19.3 Å². The molecule has 0 aliphatic carbocycles. The van der Waals surface area contributed by atoms with Crippen molar-refractivity contribution >= 4 is 17.9 Å². The third kappa shape index (κ3) is 41.9. The Bertz CT molecular complexity index is 1230. The molecule has 0 fully saturated rings. The molecule has 0 aliphatic rings. The molecule has 0 radical (unpaired) electrons. The van der Waals surface area contributed by atoms with Gasteiger partial charge in [0.1, 0.15) is 12.6 Å². The number of carboxylic acids is 1. The van der Waals surface area contributed by atoms with Crippen molar-refractivity contribution in [2.24, 2.45) is 0 Å². The van der Waals surface area contributed by atoms with Gasteiger partial charge in [-0.15, -0.1) is 0 Å². The third-order valence-corrected chi connectivity index (χ3v) is 10.6. The second-order valence-electron chi connectivity index (χ2n) is 17.3. The van der Waals surface area contributed by atoms with Crippen LogP contribution in [-0.4, -0.2) is 75.5 Å². The van der Waals surface area contributed by atoms with E-state index < -0.39 is 18.1 Å². The average Bonchev–Trinajstić information content (AvgIpc) is 3.22. The minimum absolute atomic E-state index is 0.0265. The molecule has 0 spiro atoms. The number of ether oxygens (including phenoxy) is 3. The largest absolute Gasteiger partial charge is 0.544 e. The Labute approximate surface area is 374 Å². The Kier molecular flexibility index (Phi) is 41.1. The summed E-state index contributed by atoms with van der Waals surface area (Å²) >= 11 is 0. The normalized spacial score (nSPS) is 13.5. The van der Waals surface area contributed by atoms with Gasteiger partial charge in [-0.2, -0.15) is 0 Å². The lowest BCUT2D eigenvalue weighted by Crippen LogP contribution is -2.55. The number of allylic oxidation sites excluding steroid dienone is 12. The predicted octanol–water partition coefficient (Wildman–Crippen LogP) is 12.6. The molecule has 8 nitrogen and oxygen atoms in total. The Morgan fingerprint density at radius 2 is 0.967 bits per heavy atom. The van der Waals surface area contributed by atoms with Gasteiger partial charge in [-0.05, 0) is 77.0 Å². The topological polar surface area (TPSA) is 102 Å². The monoisotopic (exact) mass is 854 g/mol. The molecule has 0 aromatic rings. The number of likely N-dealkylation sites (N-methyl/N-ethyl adjacent to an activating group) is 1. The number of carbonyl (C=O) groups excluding carboxylic acids is 3. The zero-order valence-corrected chi connectivity index (χ0v) is 39.8. The SMILES string of the molecule is CC/C=C/C/C=C/C/C=C/C/C=C/CCCCCCCCC(=O)OCC(COCCC(C(=O)[O-])[N+](C)(C)C)OC(=O)CCCCCCC/C=C/C=C/CCCCCCCCC. The summed E-state index contributed by atoms with van der Waals surface area (Å²) in [6.07, 6.45) is 54.9. The number of esters is 2. The number of aliphatic carboxylic acids is 1. The maximum Gasteiger partial charge on any atom is 0.306 e. The molecular formula is C53H91NO7. The van der Waals surface area contributed by atoms with Crippen molar-refractivity contribution in [1.29, 1.82) is 0 Å². The second kappa shape index (κ2) is 43.4. The van der Waals surface area contributed by atoms with E-state index in [9.17, 15) is 19.5 Å². The van der Waals surface area contributed by atoms with Crippen LogP contribution in [0.1, 0.15) is 194 Å². The fraction of sp³-hybridized carbons (Fsp3) is 0.717. The summed E-state index contributed by atoms with van der Waals surface area (Å²) in [7, 11) is 5.40. The van der Waals surface area contributed by atoms with Gasteiger partial charge in [-0.1, -0.05) is 170 Å². The highest BCUT2D eigenvalue weighted by Gasteiger charge is 2.25. The van der Waals surface area contributed by atoms with Gasteiger partial charge < -0.3 is 28.6 Å². The Hall–Kier alpha value is -3.23. The molecule has 0 rings (SSSR count). The van der Waals surface area contributed by atoms with Gasteiger partial charge >= 0.3 is 11.9 Å². The van der Waals surface area contributed by atoms with Gasteiger partial charge in [-0.3, -0.25) is 9.59 Å². The van der Waals surface area contributed by atoms with Gasteiger partial charge in [-0.25, -0.2) is 0 Å². The van der Waals surface area contributed by atoms with E-state index in [1.54, 1.807) is 21.1 Å². The van der Waals surface area contributed by atoms with Gasteiger partial charge in [0.05, 0.1) is 40.3 Å². The first-order valence-electron chi connectivity index (χ1n) is 24.5. The van der Waals surface area contributed by atoms with E-state index >= 15 is 0 Å². The molecule has 2 atom stereocenters. The molecule has 61 heavy (non-hydrogen) atoms.